The second-order valence-corrected chi connectivity index (χ2v) is 12.5. The molecule has 0 unspecified atom stereocenters. The first-order valence-electron chi connectivity index (χ1n) is 7.81. The number of carbonyl (C=O) groups excluding carboxylic acids is 1. The Kier molecular flexibility index (Phi) is 5.88. The summed E-state index contributed by atoms with van der Waals surface area (Å²) in [7, 11) is -0.338. The molecule has 2 aromatic rings. The van der Waals surface area contributed by atoms with E-state index in [4.69, 9.17) is 9.16 Å². The molecule has 3 nitrogen and oxygen atoms in total. The van der Waals surface area contributed by atoms with E-state index in [9.17, 15) is 4.79 Å². The van der Waals surface area contributed by atoms with Gasteiger partial charge in [-0.05, 0) is 91.1 Å². The van der Waals surface area contributed by atoms with Crippen LogP contribution in [-0.2, 0) is 10.0 Å². The van der Waals surface area contributed by atoms with E-state index in [0.717, 1.165) is 14.9 Å². The summed E-state index contributed by atoms with van der Waals surface area (Å²) < 4.78 is 12.7. The quantitative estimate of drug-likeness (QED) is 0.340. The molecule has 1 atom stereocenters. The van der Waals surface area contributed by atoms with Crippen molar-refractivity contribution in [1.29, 1.82) is 0 Å². The molecular formula is C19H23IO3Si. The van der Waals surface area contributed by atoms with Gasteiger partial charge in [0.1, 0.15) is 11.4 Å². The Bertz CT molecular complexity index is 705. The Morgan fingerprint density at radius 2 is 1.54 bits per heavy atom. The molecule has 2 aromatic carbocycles. The van der Waals surface area contributed by atoms with E-state index < -0.39 is 13.9 Å². The molecule has 0 heterocycles. The Morgan fingerprint density at radius 1 is 1.00 bits per heavy atom. The highest BCUT2D eigenvalue weighted by Gasteiger charge is 2.40. The van der Waals surface area contributed by atoms with Crippen LogP contribution >= 0.6 is 22.6 Å². The third-order valence-electron chi connectivity index (χ3n) is 3.69. The van der Waals surface area contributed by atoms with Crippen LogP contribution in [0.15, 0.2) is 48.5 Å². The molecule has 0 aliphatic carbocycles. The first-order valence-corrected chi connectivity index (χ1v) is 12.3. The molecule has 0 fully saturated rings. The molecule has 0 radical (unpaired) electrons. The molecule has 128 valence electrons. The lowest BCUT2D eigenvalue weighted by Gasteiger charge is -2.35. The fourth-order valence-electron chi connectivity index (χ4n) is 2.63. The number of rotatable bonds is 6. The normalized spacial score (nSPS) is 14.1. The number of hydrogen-bond donors (Lipinski definition) is 0. The van der Waals surface area contributed by atoms with E-state index in [-0.39, 0.29) is 5.78 Å². The average molecular weight is 454 g/mol. The Morgan fingerprint density at radius 3 is 2.00 bits per heavy atom. The summed E-state index contributed by atoms with van der Waals surface area (Å²) >= 11 is 2.26. The van der Waals surface area contributed by atoms with E-state index in [1.807, 2.05) is 31.2 Å². The SMILES string of the molecule is COc1ccc(C(=O)[C@](C)(O[Si](C)(C)C)c2ccc(I)cc2)cc1. The molecule has 0 bridgehead atoms. The van der Waals surface area contributed by atoms with Gasteiger partial charge in [0.15, 0.2) is 14.1 Å². The van der Waals surface area contributed by atoms with Gasteiger partial charge in [0, 0.05) is 9.13 Å². The standard InChI is InChI=1S/C19H23IO3Si/c1-19(23-24(3,4)5,15-8-10-16(20)11-9-15)18(21)14-6-12-17(22-2)13-7-14/h6-13H,1-5H3/t19-/m1/s1. The molecule has 5 heteroatoms. The van der Waals surface area contributed by atoms with Crippen molar-refractivity contribution in [2.24, 2.45) is 0 Å². The first-order chi connectivity index (χ1) is 11.2. The second kappa shape index (κ2) is 7.37. The van der Waals surface area contributed by atoms with Crippen molar-refractivity contribution in [3.05, 3.63) is 63.2 Å². The van der Waals surface area contributed by atoms with E-state index >= 15 is 0 Å². The Balaban J connectivity index is 2.48. The van der Waals surface area contributed by atoms with Gasteiger partial charge < -0.3 is 9.16 Å². The highest BCUT2D eigenvalue weighted by Crippen LogP contribution is 2.33. The van der Waals surface area contributed by atoms with Gasteiger partial charge in [-0.25, -0.2) is 0 Å². The van der Waals surface area contributed by atoms with Gasteiger partial charge in [0.25, 0.3) is 0 Å². The predicted octanol–water partition coefficient (Wildman–Crippen LogP) is 5.25. The molecule has 0 aromatic heterocycles. The number of benzene rings is 2. The van der Waals surface area contributed by atoms with E-state index in [1.54, 1.807) is 31.4 Å². The van der Waals surface area contributed by atoms with Crippen LogP contribution in [0.2, 0.25) is 19.6 Å². The average Bonchev–Trinajstić information content (AvgIpc) is 2.53. The Hall–Kier alpha value is -1.18. The van der Waals surface area contributed by atoms with Gasteiger partial charge in [-0.1, -0.05) is 12.1 Å². The van der Waals surface area contributed by atoms with Gasteiger partial charge >= 0.3 is 0 Å². The maximum absolute atomic E-state index is 13.3. The zero-order valence-corrected chi connectivity index (χ0v) is 17.9. The van der Waals surface area contributed by atoms with Crippen molar-refractivity contribution in [2.75, 3.05) is 7.11 Å². The molecule has 0 saturated carbocycles. The van der Waals surface area contributed by atoms with E-state index in [0.29, 0.717) is 5.56 Å². The summed E-state index contributed by atoms with van der Waals surface area (Å²) in [6.45, 7) is 8.16. The third kappa shape index (κ3) is 4.46. The van der Waals surface area contributed by atoms with Crippen LogP contribution in [0.3, 0.4) is 0 Å². The van der Waals surface area contributed by atoms with Crippen LogP contribution in [0, 0.1) is 3.57 Å². The Labute approximate surface area is 158 Å². The maximum Gasteiger partial charge on any atom is 0.197 e. The van der Waals surface area contributed by atoms with E-state index in [1.165, 1.54) is 0 Å². The predicted molar refractivity (Wildman–Crippen MR) is 108 cm³/mol. The summed E-state index contributed by atoms with van der Waals surface area (Å²) in [6.07, 6.45) is 0. The van der Waals surface area contributed by atoms with Crippen LogP contribution in [-0.4, -0.2) is 21.2 Å². The number of carbonyl (C=O) groups is 1. The minimum absolute atomic E-state index is 0.0335. The summed E-state index contributed by atoms with van der Waals surface area (Å²) in [4.78, 5) is 13.3. The lowest BCUT2D eigenvalue weighted by Crippen LogP contribution is -2.44. The van der Waals surface area contributed by atoms with E-state index in [2.05, 4.69) is 42.2 Å². The largest absolute Gasteiger partial charge is 0.497 e. The van der Waals surface area contributed by atoms with Crippen molar-refractivity contribution in [1.82, 2.24) is 0 Å². The smallest absolute Gasteiger partial charge is 0.197 e. The van der Waals surface area contributed by atoms with Gasteiger partial charge in [0.05, 0.1) is 7.11 Å². The summed E-state index contributed by atoms with van der Waals surface area (Å²) in [6, 6.07) is 15.1. The zero-order valence-electron chi connectivity index (χ0n) is 14.7. The summed E-state index contributed by atoms with van der Waals surface area (Å²) in [5.41, 5.74) is 0.505. The molecule has 2 rings (SSSR count). The minimum Gasteiger partial charge on any atom is -0.497 e. The number of hydrogen-bond acceptors (Lipinski definition) is 3. The lowest BCUT2D eigenvalue weighted by atomic mass is 9.88. The van der Waals surface area contributed by atoms with Crippen molar-refractivity contribution in [2.45, 2.75) is 32.2 Å². The van der Waals surface area contributed by atoms with Crippen LogP contribution in [0.1, 0.15) is 22.8 Å². The van der Waals surface area contributed by atoms with Gasteiger partial charge in [-0.3, -0.25) is 4.79 Å². The van der Waals surface area contributed by atoms with Crippen molar-refractivity contribution >= 4 is 36.7 Å². The molecule has 0 saturated heterocycles. The third-order valence-corrected chi connectivity index (χ3v) is 5.43. The van der Waals surface area contributed by atoms with Crippen LogP contribution in [0.4, 0.5) is 0 Å². The molecule has 0 aliphatic rings. The molecule has 24 heavy (non-hydrogen) atoms. The fourth-order valence-corrected chi connectivity index (χ4v) is 4.43. The molecular weight excluding hydrogens is 431 g/mol. The number of halogens is 1. The highest BCUT2D eigenvalue weighted by molar-refractivity contribution is 14.1. The zero-order chi connectivity index (χ0) is 18.0. The summed E-state index contributed by atoms with van der Waals surface area (Å²) in [5.74, 6) is 0.697. The van der Waals surface area contributed by atoms with Crippen LogP contribution in [0.25, 0.3) is 0 Å². The number of methoxy groups -OCH3 is 1. The van der Waals surface area contributed by atoms with Crippen molar-refractivity contribution in [3.8, 4) is 5.75 Å². The molecule has 0 amide bonds. The summed E-state index contributed by atoms with van der Waals surface area (Å²) in [5, 5.41) is 0. The minimum atomic E-state index is -1.95. The molecule has 0 spiro atoms. The highest BCUT2D eigenvalue weighted by atomic mass is 127. The molecule has 0 aliphatic heterocycles. The van der Waals surface area contributed by atoms with Crippen LogP contribution in [0.5, 0.6) is 5.75 Å². The van der Waals surface area contributed by atoms with Gasteiger partial charge in [-0.2, -0.15) is 0 Å². The lowest BCUT2D eigenvalue weighted by molar-refractivity contribution is 0.0476. The van der Waals surface area contributed by atoms with Gasteiger partial charge in [-0.15, -0.1) is 0 Å². The number of Topliss-reactive ketones (excluding diaryl/α,β-unsaturated/α-hetero) is 1. The number of ketones is 1. The second-order valence-electron chi connectivity index (χ2n) is 6.81. The molecule has 0 N–H and O–H groups in total. The monoisotopic (exact) mass is 454 g/mol. The van der Waals surface area contributed by atoms with Gasteiger partial charge in [0.2, 0.25) is 0 Å². The topological polar surface area (TPSA) is 35.5 Å². The van der Waals surface area contributed by atoms with Crippen molar-refractivity contribution < 1.29 is 14.0 Å². The van der Waals surface area contributed by atoms with Crippen molar-refractivity contribution in [3.63, 3.8) is 0 Å². The number of ether oxygens (including phenoxy) is 1. The van der Waals surface area contributed by atoms with Crippen LogP contribution < -0.4 is 4.74 Å². The first kappa shape index (κ1) is 19.1. The fraction of sp³-hybridized carbons (Fsp3) is 0.316. The maximum atomic E-state index is 13.3.